The van der Waals surface area contributed by atoms with Crippen molar-refractivity contribution in [2.45, 2.75) is 103 Å². The summed E-state index contributed by atoms with van der Waals surface area (Å²) in [5.74, 6) is -2.10. The van der Waals surface area contributed by atoms with E-state index < -0.39 is 54.3 Å². The number of hydrogen-bond donors (Lipinski definition) is 6. The van der Waals surface area contributed by atoms with Crippen molar-refractivity contribution in [3.63, 3.8) is 0 Å². The van der Waals surface area contributed by atoms with Gasteiger partial charge in [0.25, 0.3) is 0 Å². The third-order valence-electron chi connectivity index (χ3n) is 7.94. The van der Waals surface area contributed by atoms with E-state index in [0.717, 1.165) is 38.2 Å². The van der Waals surface area contributed by atoms with Crippen LogP contribution in [0.4, 0.5) is 0 Å². The fourth-order valence-corrected chi connectivity index (χ4v) is 5.55. The highest BCUT2D eigenvalue weighted by atomic mass is 16.7. The van der Waals surface area contributed by atoms with E-state index >= 15 is 0 Å². The third kappa shape index (κ3) is 6.58. The van der Waals surface area contributed by atoms with Gasteiger partial charge in [-0.3, -0.25) is 4.79 Å². The maximum atomic E-state index is 12.2. The second kappa shape index (κ2) is 13.3. The van der Waals surface area contributed by atoms with Crippen molar-refractivity contribution in [3.05, 3.63) is 34.9 Å². The molecule has 6 atom stereocenters. The maximum Gasteiger partial charge on any atom is 0.335 e. The molecule has 0 amide bonds. The summed E-state index contributed by atoms with van der Waals surface area (Å²) in [5, 5.41) is 64.3. The molecule has 6 unspecified atom stereocenters. The largest absolute Gasteiger partial charge is 0.506 e. The van der Waals surface area contributed by atoms with Gasteiger partial charge in [0.15, 0.2) is 5.78 Å². The van der Waals surface area contributed by atoms with Crippen LogP contribution in [-0.2, 0) is 4.74 Å². The zero-order valence-electron chi connectivity index (χ0n) is 23.6. The summed E-state index contributed by atoms with van der Waals surface area (Å²) in [6, 6.07) is 3.96. The number of aliphatic hydroxyl groups excluding tert-OH is 3. The van der Waals surface area contributed by atoms with Crippen LogP contribution in [-0.4, -0.2) is 79.2 Å². The van der Waals surface area contributed by atoms with E-state index in [-0.39, 0.29) is 40.0 Å². The van der Waals surface area contributed by atoms with Crippen LogP contribution >= 0.6 is 0 Å². The Kier molecular flexibility index (Phi) is 10.5. The van der Waals surface area contributed by atoms with Gasteiger partial charge in [0.2, 0.25) is 6.29 Å². The first-order valence-electron chi connectivity index (χ1n) is 13.9. The second-order valence-electron chi connectivity index (χ2n) is 11.1. The molecule has 1 aliphatic heterocycles. The molecule has 6 N–H and O–H groups in total. The summed E-state index contributed by atoms with van der Waals surface area (Å²) in [4.78, 5) is 24.0. The number of Topliss-reactive ketones (excluding diaryl/α,β-unsaturated/α-hetero) is 1. The SMILES string of the molecule is CCCCCCC(C)CCC1(O)C(CO)OC(Oc2cc(C(=O)O)cc3cc(C)c(C(C)=O)c(O)c23)C(O)C1O. The molecule has 1 fully saturated rings. The Morgan fingerprint density at radius 1 is 1.12 bits per heavy atom. The van der Waals surface area contributed by atoms with Crippen LogP contribution in [0.25, 0.3) is 10.8 Å². The number of ether oxygens (including phenoxy) is 2. The lowest BCUT2D eigenvalue weighted by Gasteiger charge is -2.48. The van der Waals surface area contributed by atoms with Crippen LogP contribution < -0.4 is 4.74 Å². The number of aliphatic hydroxyl groups is 4. The normalized spacial score (nSPS) is 25.6. The Hall–Kier alpha value is -2.76. The number of carboxylic acids is 1. The first-order valence-corrected chi connectivity index (χ1v) is 13.9. The van der Waals surface area contributed by atoms with Crippen molar-refractivity contribution in [2.75, 3.05) is 6.61 Å². The van der Waals surface area contributed by atoms with Gasteiger partial charge in [-0.2, -0.15) is 0 Å². The van der Waals surface area contributed by atoms with E-state index in [2.05, 4.69) is 6.92 Å². The number of aromatic hydroxyl groups is 1. The zero-order valence-corrected chi connectivity index (χ0v) is 23.6. The molecule has 2 aromatic rings. The van der Waals surface area contributed by atoms with Crippen LogP contribution in [0, 0.1) is 12.8 Å². The molecule has 10 heteroatoms. The maximum absolute atomic E-state index is 12.2. The molecule has 40 heavy (non-hydrogen) atoms. The average molecular weight is 563 g/mol. The molecule has 10 nitrogen and oxygen atoms in total. The van der Waals surface area contributed by atoms with Gasteiger partial charge < -0.3 is 40.1 Å². The number of aryl methyl sites for hydroxylation is 1. The van der Waals surface area contributed by atoms with Crippen molar-refractivity contribution in [1.29, 1.82) is 0 Å². The number of benzene rings is 2. The Morgan fingerprint density at radius 3 is 2.42 bits per heavy atom. The standard InChI is InChI=1S/C30H42O10/c1-5-6-7-8-9-16(2)10-11-30(38)22(15-31)40-29(26(34)27(30)35)39-21-14-20(28(36)37)13-19-12-17(3)23(18(4)32)25(33)24(19)21/h12-14,16,22,26-27,29,31,33-35,38H,5-11,15H2,1-4H3,(H,36,37). The van der Waals surface area contributed by atoms with Crippen molar-refractivity contribution < 1.29 is 49.7 Å². The molecule has 0 radical (unpaired) electrons. The summed E-state index contributed by atoms with van der Waals surface area (Å²) in [7, 11) is 0. The smallest absolute Gasteiger partial charge is 0.335 e. The first-order chi connectivity index (χ1) is 18.8. The number of carbonyl (C=O) groups is 2. The van der Waals surface area contributed by atoms with E-state index in [0.29, 0.717) is 12.0 Å². The number of hydrogen-bond acceptors (Lipinski definition) is 9. The molecule has 1 aliphatic rings. The number of phenolic OH excluding ortho intramolecular Hbond substituents is 1. The monoisotopic (exact) mass is 562 g/mol. The van der Waals surface area contributed by atoms with Gasteiger partial charge in [0.1, 0.15) is 35.4 Å². The van der Waals surface area contributed by atoms with Crippen LogP contribution in [0.1, 0.15) is 92.0 Å². The lowest BCUT2D eigenvalue weighted by molar-refractivity contribution is -0.315. The predicted octanol–water partition coefficient (Wildman–Crippen LogP) is 3.69. The van der Waals surface area contributed by atoms with E-state index in [1.165, 1.54) is 19.1 Å². The highest BCUT2D eigenvalue weighted by molar-refractivity contribution is 6.08. The van der Waals surface area contributed by atoms with Crippen molar-refractivity contribution in [1.82, 2.24) is 0 Å². The van der Waals surface area contributed by atoms with Crippen molar-refractivity contribution in [2.24, 2.45) is 5.92 Å². The number of aromatic carboxylic acids is 1. The number of fused-ring (bicyclic) bond motifs is 1. The molecule has 3 rings (SSSR count). The van der Waals surface area contributed by atoms with Gasteiger partial charge in [0.05, 0.1) is 23.1 Å². The molecular weight excluding hydrogens is 520 g/mol. The Bertz CT molecular complexity index is 1210. The van der Waals surface area contributed by atoms with Gasteiger partial charge in [-0.25, -0.2) is 4.79 Å². The number of rotatable bonds is 13. The summed E-state index contributed by atoms with van der Waals surface area (Å²) in [5.41, 5.74) is -1.69. The van der Waals surface area contributed by atoms with E-state index in [9.17, 15) is 40.2 Å². The summed E-state index contributed by atoms with van der Waals surface area (Å²) in [6.45, 7) is 6.39. The van der Waals surface area contributed by atoms with Gasteiger partial charge in [0, 0.05) is 0 Å². The lowest BCUT2D eigenvalue weighted by Crippen LogP contribution is -2.67. The van der Waals surface area contributed by atoms with Crippen molar-refractivity contribution >= 4 is 22.5 Å². The summed E-state index contributed by atoms with van der Waals surface area (Å²) in [6.07, 6.45) is -0.487. The number of unbranched alkanes of at least 4 members (excludes halogenated alkanes) is 3. The van der Waals surface area contributed by atoms with E-state index in [1.54, 1.807) is 6.92 Å². The fraction of sp³-hybridized carbons (Fsp3) is 0.600. The zero-order chi connectivity index (χ0) is 29.8. The highest BCUT2D eigenvalue weighted by Gasteiger charge is 2.55. The molecule has 222 valence electrons. The average Bonchev–Trinajstić information content (AvgIpc) is 2.89. The quantitative estimate of drug-likeness (QED) is 0.156. The summed E-state index contributed by atoms with van der Waals surface area (Å²) < 4.78 is 11.6. The topological polar surface area (TPSA) is 174 Å². The number of phenols is 1. The van der Waals surface area contributed by atoms with Crippen LogP contribution in [0.5, 0.6) is 11.5 Å². The molecule has 0 aliphatic carbocycles. The number of carbonyl (C=O) groups excluding carboxylic acids is 1. The van der Waals surface area contributed by atoms with Crippen LogP contribution in [0.3, 0.4) is 0 Å². The number of ketones is 1. The molecule has 1 heterocycles. The van der Waals surface area contributed by atoms with Crippen LogP contribution in [0.2, 0.25) is 0 Å². The Balaban J connectivity index is 1.90. The van der Waals surface area contributed by atoms with Gasteiger partial charge >= 0.3 is 5.97 Å². The molecule has 2 aromatic carbocycles. The molecule has 1 saturated heterocycles. The Morgan fingerprint density at radius 2 is 1.82 bits per heavy atom. The lowest BCUT2D eigenvalue weighted by atomic mass is 9.78. The number of carboxylic acid groups (broad SMARTS) is 1. The minimum absolute atomic E-state index is 0.0179. The Labute approximate surface area is 234 Å². The van der Waals surface area contributed by atoms with Gasteiger partial charge in [-0.15, -0.1) is 0 Å². The third-order valence-corrected chi connectivity index (χ3v) is 7.94. The highest BCUT2D eigenvalue weighted by Crippen LogP contribution is 2.42. The van der Waals surface area contributed by atoms with E-state index in [1.807, 2.05) is 6.92 Å². The molecule has 0 spiro atoms. The predicted molar refractivity (Wildman–Crippen MR) is 148 cm³/mol. The van der Waals surface area contributed by atoms with E-state index in [4.69, 9.17) is 9.47 Å². The van der Waals surface area contributed by atoms with Crippen LogP contribution in [0.15, 0.2) is 18.2 Å². The molecular formula is C30H42O10. The molecule has 0 aromatic heterocycles. The minimum atomic E-state index is -1.96. The minimum Gasteiger partial charge on any atom is -0.506 e. The molecule has 0 saturated carbocycles. The van der Waals surface area contributed by atoms with Crippen molar-refractivity contribution in [3.8, 4) is 11.5 Å². The van der Waals surface area contributed by atoms with Gasteiger partial charge in [-0.1, -0.05) is 52.0 Å². The van der Waals surface area contributed by atoms with Gasteiger partial charge in [-0.05, 0) is 55.7 Å². The fourth-order valence-electron chi connectivity index (χ4n) is 5.55. The second-order valence-corrected chi connectivity index (χ2v) is 11.1. The first kappa shape index (κ1) is 31.8. The molecule has 0 bridgehead atoms. The summed E-state index contributed by atoms with van der Waals surface area (Å²) >= 11 is 0.